The zero-order valence-electron chi connectivity index (χ0n) is 16.6. The number of halogens is 2. The van der Waals surface area contributed by atoms with Gasteiger partial charge in [0.25, 0.3) is 0 Å². The normalized spacial score (nSPS) is 19.8. The monoisotopic (exact) mass is 422 g/mol. The van der Waals surface area contributed by atoms with Gasteiger partial charge in [0.2, 0.25) is 10.0 Å². The van der Waals surface area contributed by atoms with Gasteiger partial charge in [0.05, 0.1) is 23.4 Å². The fourth-order valence-electron chi connectivity index (χ4n) is 4.26. The van der Waals surface area contributed by atoms with Crippen LogP contribution in [0.4, 0.5) is 8.78 Å². The minimum Gasteiger partial charge on any atom is -0.386 e. The molecule has 29 heavy (non-hydrogen) atoms. The van der Waals surface area contributed by atoms with E-state index in [1.54, 1.807) is 37.5 Å². The third-order valence-corrected chi connectivity index (χ3v) is 8.41. The third kappa shape index (κ3) is 3.14. The number of fused-ring (bicyclic) bond motifs is 3. The Morgan fingerprint density at radius 2 is 1.52 bits per heavy atom. The number of sulfonamides is 1. The molecule has 1 N–H and O–H groups in total. The number of benzene rings is 2. The van der Waals surface area contributed by atoms with Crippen molar-refractivity contribution in [3.05, 3.63) is 48.0 Å². The van der Waals surface area contributed by atoms with Gasteiger partial charge >= 0.3 is 0 Å². The van der Waals surface area contributed by atoms with E-state index in [1.807, 2.05) is 0 Å². The lowest BCUT2D eigenvalue weighted by molar-refractivity contribution is -0.0636. The third-order valence-electron chi connectivity index (χ3n) is 6.30. The van der Waals surface area contributed by atoms with Crippen molar-refractivity contribution in [1.29, 1.82) is 0 Å². The Labute approximate surface area is 168 Å². The average molecular weight is 422 g/mol. The Bertz CT molecular complexity index is 1160. The van der Waals surface area contributed by atoms with Crippen molar-refractivity contribution >= 4 is 31.8 Å². The summed E-state index contributed by atoms with van der Waals surface area (Å²) in [7, 11) is -3.44. The molecule has 1 unspecified atom stereocenters. The number of nitrogens with zero attached hydrogens (tertiary/aromatic N) is 2. The van der Waals surface area contributed by atoms with E-state index in [9.17, 15) is 22.3 Å². The lowest BCUT2D eigenvalue weighted by Crippen LogP contribution is -2.61. The first-order valence-electron chi connectivity index (χ1n) is 9.54. The van der Waals surface area contributed by atoms with Crippen molar-refractivity contribution in [2.24, 2.45) is 0 Å². The minimum atomic E-state index is -3.44. The number of hydrogen-bond acceptors (Lipinski definition) is 3. The second-order valence-electron chi connectivity index (χ2n) is 8.48. The highest BCUT2D eigenvalue weighted by Crippen LogP contribution is 2.38. The van der Waals surface area contributed by atoms with Crippen LogP contribution in [-0.4, -0.2) is 45.8 Å². The Balaban J connectivity index is 1.86. The van der Waals surface area contributed by atoms with Crippen molar-refractivity contribution in [1.82, 2.24) is 8.87 Å². The van der Waals surface area contributed by atoms with Gasteiger partial charge in [0.15, 0.2) is 0 Å². The second-order valence-corrected chi connectivity index (χ2v) is 10.5. The second kappa shape index (κ2) is 6.48. The summed E-state index contributed by atoms with van der Waals surface area (Å²) in [4.78, 5) is 0. The maximum absolute atomic E-state index is 13.9. The Morgan fingerprint density at radius 1 is 1.00 bits per heavy atom. The molecule has 0 spiro atoms. The molecule has 1 fully saturated rings. The molecule has 8 heteroatoms. The van der Waals surface area contributed by atoms with Crippen LogP contribution in [0.3, 0.4) is 0 Å². The van der Waals surface area contributed by atoms with E-state index in [0.717, 1.165) is 0 Å². The highest BCUT2D eigenvalue weighted by Gasteiger charge is 2.50. The van der Waals surface area contributed by atoms with E-state index in [1.165, 1.54) is 28.6 Å². The molecule has 2 heterocycles. The maximum atomic E-state index is 13.9. The number of aromatic nitrogens is 1. The van der Waals surface area contributed by atoms with Gasteiger partial charge in [0.1, 0.15) is 11.6 Å². The van der Waals surface area contributed by atoms with Gasteiger partial charge in [-0.3, -0.25) is 0 Å². The largest absolute Gasteiger partial charge is 0.386 e. The molecule has 156 valence electrons. The van der Waals surface area contributed by atoms with Crippen LogP contribution in [0.5, 0.6) is 0 Å². The summed E-state index contributed by atoms with van der Waals surface area (Å²) >= 11 is 0. The smallest absolute Gasteiger partial charge is 0.214 e. The molecule has 1 atom stereocenters. The fourth-order valence-corrected chi connectivity index (χ4v) is 6.27. The molecule has 0 radical (unpaired) electrons. The average Bonchev–Trinajstić information content (AvgIpc) is 3.12. The summed E-state index contributed by atoms with van der Waals surface area (Å²) in [6.07, 6.45) is 0.524. The van der Waals surface area contributed by atoms with E-state index in [4.69, 9.17) is 0 Å². The van der Waals surface area contributed by atoms with Crippen LogP contribution in [0.15, 0.2) is 36.4 Å². The van der Waals surface area contributed by atoms with Crippen LogP contribution in [-0.2, 0) is 16.6 Å². The zero-order valence-corrected chi connectivity index (χ0v) is 17.4. The maximum Gasteiger partial charge on any atom is 0.214 e. The van der Waals surface area contributed by atoms with Crippen LogP contribution in [0, 0.1) is 11.6 Å². The van der Waals surface area contributed by atoms with Crippen molar-refractivity contribution < 1.29 is 22.3 Å². The van der Waals surface area contributed by atoms with Crippen molar-refractivity contribution in [3.8, 4) is 0 Å². The predicted octanol–water partition coefficient (Wildman–Crippen LogP) is 3.64. The van der Waals surface area contributed by atoms with Crippen LogP contribution >= 0.6 is 0 Å². The van der Waals surface area contributed by atoms with Gasteiger partial charge in [-0.1, -0.05) is 0 Å². The van der Waals surface area contributed by atoms with E-state index >= 15 is 0 Å². The van der Waals surface area contributed by atoms with Crippen molar-refractivity contribution in [2.45, 2.75) is 44.9 Å². The van der Waals surface area contributed by atoms with Crippen LogP contribution in [0.25, 0.3) is 21.8 Å². The van der Waals surface area contributed by atoms with Gasteiger partial charge < -0.3 is 9.67 Å². The lowest BCUT2D eigenvalue weighted by atomic mass is 9.83. The molecule has 1 saturated heterocycles. The van der Waals surface area contributed by atoms with Crippen molar-refractivity contribution in [2.75, 3.05) is 12.3 Å². The van der Waals surface area contributed by atoms with E-state index < -0.39 is 32.8 Å². The molecule has 4 rings (SSSR count). The van der Waals surface area contributed by atoms with E-state index in [0.29, 0.717) is 34.8 Å². The quantitative estimate of drug-likeness (QED) is 0.698. The van der Waals surface area contributed by atoms with Crippen LogP contribution in [0.2, 0.25) is 0 Å². The van der Waals surface area contributed by atoms with Crippen LogP contribution in [0.1, 0.15) is 27.2 Å². The molecule has 3 aromatic rings. The van der Waals surface area contributed by atoms with Crippen molar-refractivity contribution in [3.63, 3.8) is 0 Å². The molecule has 1 aromatic heterocycles. The summed E-state index contributed by atoms with van der Waals surface area (Å²) in [5, 5.41) is 12.5. The Hall–Kier alpha value is -2.03. The summed E-state index contributed by atoms with van der Waals surface area (Å²) in [5.41, 5.74) is -1.24. The summed E-state index contributed by atoms with van der Waals surface area (Å²) in [6, 6.07) is 8.52. The minimum absolute atomic E-state index is 0.0588. The number of aliphatic hydroxyl groups is 1. The first-order chi connectivity index (χ1) is 13.4. The SMILES string of the molecule is CC(O)(Cn1c2ccc(F)cc2c2cc(F)ccc21)C(C)(C)N1CCCS1(=O)=O. The van der Waals surface area contributed by atoms with Gasteiger partial charge in [-0.25, -0.2) is 17.2 Å². The number of rotatable bonds is 4. The molecule has 5 nitrogen and oxygen atoms in total. The van der Waals surface area contributed by atoms with Gasteiger partial charge in [-0.05, 0) is 63.6 Å². The lowest BCUT2D eigenvalue weighted by Gasteiger charge is -2.45. The Morgan fingerprint density at radius 3 is 1.97 bits per heavy atom. The first-order valence-corrected chi connectivity index (χ1v) is 11.1. The Kier molecular flexibility index (Phi) is 4.53. The predicted molar refractivity (Wildman–Crippen MR) is 109 cm³/mol. The topological polar surface area (TPSA) is 62.5 Å². The summed E-state index contributed by atoms with van der Waals surface area (Å²) in [6.45, 7) is 5.44. The molecular weight excluding hydrogens is 398 g/mol. The molecule has 0 bridgehead atoms. The molecule has 0 amide bonds. The fraction of sp³-hybridized carbons (Fsp3) is 0.429. The van der Waals surface area contributed by atoms with E-state index in [-0.39, 0.29) is 12.3 Å². The highest BCUT2D eigenvalue weighted by atomic mass is 32.2. The molecule has 1 aliphatic heterocycles. The summed E-state index contributed by atoms with van der Waals surface area (Å²) in [5.74, 6) is -0.799. The highest BCUT2D eigenvalue weighted by molar-refractivity contribution is 7.89. The van der Waals surface area contributed by atoms with Crippen LogP contribution < -0.4 is 0 Å². The molecule has 0 aliphatic carbocycles. The van der Waals surface area contributed by atoms with Gasteiger partial charge in [-0.2, -0.15) is 4.31 Å². The molecule has 0 saturated carbocycles. The molecule has 1 aliphatic rings. The van der Waals surface area contributed by atoms with Gasteiger partial charge in [0, 0.05) is 28.4 Å². The molecular formula is C21H24F2N2O3S. The van der Waals surface area contributed by atoms with Gasteiger partial charge in [-0.15, -0.1) is 0 Å². The first kappa shape index (κ1) is 20.3. The number of hydrogen-bond donors (Lipinski definition) is 1. The van der Waals surface area contributed by atoms with E-state index in [2.05, 4.69) is 0 Å². The summed E-state index contributed by atoms with van der Waals surface area (Å²) < 4.78 is 55.9. The zero-order chi connectivity index (χ0) is 21.2. The standard InChI is InChI=1S/C21H24F2N2O3S/c1-20(2,25-9-4-10-29(25,27)28)21(3,26)13-24-18-7-5-14(22)11-16(18)17-12-15(23)6-8-19(17)24/h5-8,11-12,26H,4,9-10,13H2,1-3H3. The molecule has 2 aromatic carbocycles.